The van der Waals surface area contributed by atoms with E-state index in [2.05, 4.69) is 21.2 Å². The molecule has 0 aliphatic heterocycles. The molecule has 1 aliphatic carbocycles. The van der Waals surface area contributed by atoms with Crippen molar-refractivity contribution in [3.05, 3.63) is 136 Å². The van der Waals surface area contributed by atoms with E-state index in [1.165, 1.54) is 0 Å². The molecule has 0 aromatic heterocycles. The summed E-state index contributed by atoms with van der Waals surface area (Å²) in [5.41, 5.74) is 4.23. The number of ketones is 1. The van der Waals surface area contributed by atoms with Crippen LogP contribution in [0, 0.1) is 5.92 Å². The van der Waals surface area contributed by atoms with Gasteiger partial charge in [0.05, 0.1) is 19.1 Å². The number of rotatable bonds is 12. The second kappa shape index (κ2) is 13.4. The van der Waals surface area contributed by atoms with Crippen molar-refractivity contribution in [2.24, 2.45) is 5.92 Å². The summed E-state index contributed by atoms with van der Waals surface area (Å²) in [5.74, 6) is 0.721. The number of para-hydroxylation sites is 1. The van der Waals surface area contributed by atoms with Gasteiger partial charge < -0.3 is 14.8 Å². The second-order valence-corrected chi connectivity index (χ2v) is 10.5. The van der Waals surface area contributed by atoms with Gasteiger partial charge in [0.15, 0.2) is 5.78 Å². The minimum absolute atomic E-state index is 0.0522. The molecule has 0 heterocycles. The molecule has 1 amide bonds. The Morgan fingerprint density at radius 1 is 0.775 bits per heavy atom. The minimum atomic E-state index is -0.559. The average Bonchev–Trinajstić information content (AvgIpc) is 2.95. The molecule has 6 heteroatoms. The van der Waals surface area contributed by atoms with Crippen LogP contribution in [0.4, 0.5) is 5.69 Å². The quantitative estimate of drug-likeness (QED) is 0.181. The first kappa shape index (κ1) is 27.6. The molecule has 5 nitrogen and oxygen atoms in total. The summed E-state index contributed by atoms with van der Waals surface area (Å²) in [6, 6.07) is 34.4. The topological polar surface area (TPSA) is 64.6 Å². The summed E-state index contributed by atoms with van der Waals surface area (Å²) < 4.78 is 12.8. The van der Waals surface area contributed by atoms with E-state index in [9.17, 15) is 9.59 Å². The zero-order valence-electron chi connectivity index (χ0n) is 22.0. The fourth-order valence-corrected chi connectivity index (χ4v) is 5.11. The van der Waals surface area contributed by atoms with Crippen LogP contribution in [-0.4, -0.2) is 18.3 Å². The van der Waals surface area contributed by atoms with Crippen LogP contribution < -0.4 is 10.1 Å². The third-order valence-electron chi connectivity index (χ3n) is 6.91. The summed E-state index contributed by atoms with van der Waals surface area (Å²) in [7, 11) is 0. The van der Waals surface area contributed by atoms with Gasteiger partial charge >= 0.3 is 0 Å². The van der Waals surface area contributed by atoms with Crippen molar-refractivity contribution >= 4 is 33.3 Å². The Balaban J connectivity index is 1.30. The molecular weight excluding hydrogens is 566 g/mol. The number of amides is 1. The van der Waals surface area contributed by atoms with Crippen LogP contribution in [0.5, 0.6) is 11.5 Å². The summed E-state index contributed by atoms with van der Waals surface area (Å²) in [5, 5.41) is 3.02. The Morgan fingerprint density at radius 2 is 1.43 bits per heavy atom. The van der Waals surface area contributed by atoms with E-state index in [0.717, 1.165) is 32.5 Å². The van der Waals surface area contributed by atoms with Crippen molar-refractivity contribution in [1.82, 2.24) is 0 Å². The number of ether oxygens (including phenoxy) is 2. The monoisotopic (exact) mass is 595 g/mol. The molecule has 0 radical (unpaired) electrons. The fourth-order valence-electron chi connectivity index (χ4n) is 4.68. The molecule has 5 rings (SSSR count). The zero-order chi connectivity index (χ0) is 27.7. The Bertz CT molecular complexity index is 1480. The lowest BCUT2D eigenvalue weighted by atomic mass is 9.77. The molecular formula is C34H30BrNO4. The first-order valence-electron chi connectivity index (χ1n) is 13.3. The van der Waals surface area contributed by atoms with Crippen molar-refractivity contribution in [2.75, 3.05) is 11.9 Å². The highest BCUT2D eigenvalue weighted by molar-refractivity contribution is 9.10. The summed E-state index contributed by atoms with van der Waals surface area (Å²) >= 11 is 3.54. The van der Waals surface area contributed by atoms with Crippen molar-refractivity contribution in [3.8, 4) is 11.5 Å². The number of benzene rings is 4. The number of hydrogen-bond donors (Lipinski definition) is 1. The number of anilines is 1. The van der Waals surface area contributed by atoms with Crippen molar-refractivity contribution < 1.29 is 19.1 Å². The maximum absolute atomic E-state index is 13.6. The number of Topliss-reactive ketones (excluding diaryl/α,β-unsaturated/α-hetero) is 1. The van der Waals surface area contributed by atoms with E-state index < -0.39 is 5.92 Å². The maximum atomic E-state index is 13.6. The van der Waals surface area contributed by atoms with Gasteiger partial charge in [0, 0.05) is 16.6 Å². The predicted molar refractivity (Wildman–Crippen MR) is 160 cm³/mol. The molecule has 0 fully saturated rings. The molecule has 1 N–H and O–H groups in total. The smallest absolute Gasteiger partial charge is 0.233 e. The normalized spacial score (nSPS) is 13.3. The van der Waals surface area contributed by atoms with Crippen LogP contribution in [0.2, 0.25) is 0 Å². The van der Waals surface area contributed by atoms with Gasteiger partial charge in [-0.25, -0.2) is 0 Å². The van der Waals surface area contributed by atoms with E-state index in [1.807, 2.05) is 109 Å². The Morgan fingerprint density at radius 3 is 2.10 bits per heavy atom. The third-order valence-corrected chi connectivity index (χ3v) is 7.68. The highest BCUT2D eigenvalue weighted by Crippen LogP contribution is 2.36. The molecule has 1 atom stereocenters. The Kier molecular flexibility index (Phi) is 9.22. The lowest BCUT2D eigenvalue weighted by Crippen LogP contribution is -2.33. The standard InChI is InChI=1S/C34H30BrNO4/c35-32-14-8-7-11-25(32)21-33(37)30-20-19-29(30)31(23-39-22-24-9-3-1-4-10-24)34(38)36-26-15-17-28(18-16-26)40-27-12-5-2-6-13-27/h1-18,31H,19-23H2,(H,36,38). The molecule has 0 saturated carbocycles. The Hall–Kier alpha value is -4.00. The lowest BCUT2D eigenvalue weighted by Gasteiger charge is -2.29. The van der Waals surface area contributed by atoms with Gasteiger partial charge in [-0.2, -0.15) is 0 Å². The molecule has 202 valence electrons. The molecule has 40 heavy (non-hydrogen) atoms. The maximum Gasteiger partial charge on any atom is 0.233 e. The number of halogens is 1. The van der Waals surface area contributed by atoms with E-state index in [0.29, 0.717) is 37.3 Å². The van der Waals surface area contributed by atoms with Crippen LogP contribution in [-0.2, 0) is 27.4 Å². The predicted octanol–water partition coefficient (Wildman–Crippen LogP) is 7.92. The van der Waals surface area contributed by atoms with Gasteiger partial charge in [0.2, 0.25) is 5.91 Å². The summed E-state index contributed by atoms with van der Waals surface area (Å²) in [6.45, 7) is 0.584. The van der Waals surface area contributed by atoms with Gasteiger partial charge in [0.25, 0.3) is 0 Å². The number of carbonyl (C=O) groups excluding carboxylic acids is 2. The van der Waals surface area contributed by atoms with Gasteiger partial charge in [-0.15, -0.1) is 0 Å². The van der Waals surface area contributed by atoms with E-state index in [4.69, 9.17) is 9.47 Å². The van der Waals surface area contributed by atoms with Gasteiger partial charge in [-0.3, -0.25) is 9.59 Å². The molecule has 0 bridgehead atoms. The SMILES string of the molecule is O=C(Cc1ccccc1Br)C1=C(C(COCc2ccccc2)C(=O)Nc2ccc(Oc3ccccc3)cc2)CC1. The van der Waals surface area contributed by atoms with Crippen molar-refractivity contribution in [2.45, 2.75) is 25.9 Å². The van der Waals surface area contributed by atoms with Gasteiger partial charge in [-0.1, -0.05) is 82.7 Å². The minimum Gasteiger partial charge on any atom is -0.457 e. The fraction of sp³-hybridized carbons (Fsp3) is 0.176. The Labute approximate surface area is 243 Å². The molecule has 1 unspecified atom stereocenters. The van der Waals surface area contributed by atoms with E-state index in [1.54, 1.807) is 0 Å². The highest BCUT2D eigenvalue weighted by atomic mass is 79.9. The van der Waals surface area contributed by atoms with Gasteiger partial charge in [0.1, 0.15) is 11.5 Å². The molecule has 4 aromatic rings. The molecule has 1 aliphatic rings. The summed E-state index contributed by atoms with van der Waals surface area (Å²) in [6.07, 6.45) is 1.67. The lowest BCUT2D eigenvalue weighted by molar-refractivity contribution is -0.120. The molecule has 4 aromatic carbocycles. The van der Waals surface area contributed by atoms with Crippen molar-refractivity contribution in [3.63, 3.8) is 0 Å². The third kappa shape index (κ3) is 7.14. The molecule has 0 spiro atoms. The molecule has 0 saturated heterocycles. The summed E-state index contributed by atoms with van der Waals surface area (Å²) in [4.78, 5) is 26.8. The van der Waals surface area contributed by atoms with Crippen LogP contribution in [0.15, 0.2) is 125 Å². The zero-order valence-corrected chi connectivity index (χ0v) is 23.6. The average molecular weight is 597 g/mol. The first-order chi connectivity index (χ1) is 19.6. The number of allylic oxidation sites excluding steroid dienone is 1. The number of hydrogen-bond acceptors (Lipinski definition) is 4. The largest absolute Gasteiger partial charge is 0.457 e. The van der Waals surface area contributed by atoms with Crippen LogP contribution >= 0.6 is 15.9 Å². The number of nitrogens with one attached hydrogen (secondary N) is 1. The highest BCUT2D eigenvalue weighted by Gasteiger charge is 2.33. The van der Waals surface area contributed by atoms with E-state index in [-0.39, 0.29) is 18.3 Å². The van der Waals surface area contributed by atoms with Crippen molar-refractivity contribution in [1.29, 1.82) is 0 Å². The first-order valence-corrected chi connectivity index (χ1v) is 14.1. The van der Waals surface area contributed by atoms with E-state index >= 15 is 0 Å². The van der Waals surface area contributed by atoms with Crippen LogP contribution in [0.3, 0.4) is 0 Å². The second-order valence-electron chi connectivity index (χ2n) is 9.68. The van der Waals surface area contributed by atoms with Gasteiger partial charge in [-0.05, 0) is 77.6 Å². The van der Waals surface area contributed by atoms with Crippen LogP contribution in [0.25, 0.3) is 0 Å². The van der Waals surface area contributed by atoms with Crippen LogP contribution in [0.1, 0.15) is 24.0 Å². The number of carbonyl (C=O) groups is 2.